The van der Waals surface area contributed by atoms with E-state index in [4.69, 9.17) is 14.4 Å². The third kappa shape index (κ3) is 30.0. The van der Waals surface area contributed by atoms with Crippen LogP contribution in [0.4, 0.5) is 0 Å². The van der Waals surface area contributed by atoms with Crippen molar-refractivity contribution in [3.05, 3.63) is 0 Å². The van der Waals surface area contributed by atoms with Gasteiger partial charge in [-0.25, -0.2) is 0 Å². The van der Waals surface area contributed by atoms with Crippen molar-refractivity contribution in [1.82, 2.24) is 0 Å². The predicted octanol–water partition coefficient (Wildman–Crippen LogP) is 8.14. The Balaban J connectivity index is 0. The minimum atomic E-state index is -5.94. The second kappa shape index (κ2) is 26.0. The third-order valence-electron chi connectivity index (χ3n) is 6.94. The molecule has 0 heterocycles. The van der Waals surface area contributed by atoms with Gasteiger partial charge in [-0.15, -0.1) is 0 Å². The first-order chi connectivity index (χ1) is 16.2. The van der Waals surface area contributed by atoms with Gasteiger partial charge in [-0.1, -0.05) is 105 Å². The Morgan fingerprint density at radius 1 is 0.412 bits per heavy atom. The fourth-order valence-electron chi connectivity index (χ4n) is 4.87. The van der Waals surface area contributed by atoms with Crippen LogP contribution in [-0.2, 0) is 26.0 Å². The van der Waals surface area contributed by atoms with E-state index in [0.29, 0.717) is 0 Å². The average Bonchev–Trinajstić information content (AvgIpc) is 2.77. The van der Waals surface area contributed by atoms with Crippen LogP contribution in [0.5, 0.6) is 0 Å². The number of unbranched alkanes of at least 4 members (excludes halogenated alkanes) is 16. The summed E-state index contributed by atoms with van der Waals surface area (Å²) in [5.41, 5.74) is 0. The molecule has 0 aliphatic rings. The van der Waals surface area contributed by atoms with E-state index in [2.05, 4.69) is 27.7 Å². The van der Waals surface area contributed by atoms with Crippen LogP contribution in [0.25, 0.3) is 0 Å². The molecule has 6 heteroatoms. The quantitative estimate of drug-likeness (QED) is 0.0864. The van der Waals surface area contributed by atoms with Gasteiger partial charge in [-0.3, -0.25) is 0 Å². The van der Waals surface area contributed by atoms with Crippen LogP contribution in [0.1, 0.15) is 156 Å². The van der Waals surface area contributed by atoms with Gasteiger partial charge in [0.15, 0.2) is 0 Å². The summed E-state index contributed by atoms with van der Waals surface area (Å²) >= 11 is -5.94. The number of quaternary nitrogens is 1. The summed E-state index contributed by atoms with van der Waals surface area (Å²) in [7, 11) is 0. The summed E-state index contributed by atoms with van der Waals surface area (Å²) in [6, 6.07) is 0. The molecule has 0 aromatic heterocycles. The molecule has 0 radical (unpaired) electrons. The first-order valence-corrected chi connectivity index (χ1v) is 17.7. The molecule has 0 fully saturated rings. The molecule has 0 amide bonds. The normalized spacial score (nSPS) is 11.9. The van der Waals surface area contributed by atoms with Crippen LogP contribution in [0.2, 0.25) is 0 Å². The zero-order chi connectivity index (χ0) is 26.0. The molecule has 0 aromatic rings. The van der Waals surface area contributed by atoms with Gasteiger partial charge in [0.1, 0.15) is 0 Å². The molecule has 5 nitrogen and oxygen atoms in total. The van der Waals surface area contributed by atoms with Gasteiger partial charge in [0.25, 0.3) is 0 Å². The summed E-state index contributed by atoms with van der Waals surface area (Å²) in [6.07, 6.45) is 28.8. The minimum absolute atomic E-state index is 1.37. The van der Waals surface area contributed by atoms with E-state index < -0.39 is 15.5 Å². The second-order valence-corrected chi connectivity index (χ2v) is 12.1. The van der Waals surface area contributed by atoms with Crippen molar-refractivity contribution in [2.75, 3.05) is 26.2 Å². The molecular weight excluding hydrogens is 512 g/mol. The summed E-state index contributed by atoms with van der Waals surface area (Å²) < 4.78 is 35.9. The Morgan fingerprint density at radius 3 is 0.765 bits per heavy atom. The molecule has 0 spiro atoms. The Bertz CT molecular complexity index is 482. The molecule has 34 heavy (non-hydrogen) atoms. The van der Waals surface area contributed by atoms with Crippen LogP contribution in [-0.4, -0.2) is 30.7 Å². The molecule has 0 N–H and O–H groups in total. The van der Waals surface area contributed by atoms with Crippen LogP contribution >= 0.6 is 0 Å². The molecule has 0 saturated heterocycles. The van der Waals surface area contributed by atoms with E-state index in [-0.39, 0.29) is 0 Å². The molecule has 0 aromatic carbocycles. The van der Waals surface area contributed by atoms with E-state index in [1.54, 1.807) is 0 Å². The fourth-order valence-corrected chi connectivity index (χ4v) is 4.87. The van der Waals surface area contributed by atoms with E-state index >= 15 is 0 Å². The monoisotopic (exact) mass is 571 g/mol. The number of hydrogen-bond donors (Lipinski definition) is 0. The van der Waals surface area contributed by atoms with Crippen LogP contribution in [0, 0.1) is 0 Å². The topological polar surface area (TPSA) is 74.3 Å². The maximum atomic E-state index is 8.62. The van der Waals surface area contributed by atoms with Crippen molar-refractivity contribution in [3.63, 3.8) is 0 Å². The fraction of sp³-hybridized carbons (Fsp3) is 1.00. The van der Waals surface area contributed by atoms with Gasteiger partial charge in [0.05, 0.1) is 26.2 Å². The SMILES string of the molecule is CCCCCCC[N+](CCCCCCC)(CCCCCCC)CCCCCCC.[O]=[Tc](=[O])(=[O])[O-]. The summed E-state index contributed by atoms with van der Waals surface area (Å²) in [4.78, 5) is 0. The molecule has 0 aliphatic heterocycles. The third-order valence-corrected chi connectivity index (χ3v) is 6.94. The van der Waals surface area contributed by atoms with Gasteiger partial charge in [0, 0.05) is 0 Å². The van der Waals surface area contributed by atoms with E-state index in [1.807, 2.05) is 0 Å². The average molecular weight is 573 g/mol. The van der Waals surface area contributed by atoms with E-state index in [1.165, 1.54) is 159 Å². The van der Waals surface area contributed by atoms with Crippen molar-refractivity contribution in [3.8, 4) is 0 Å². The standard InChI is InChI=1S/C28H60N.4O.Tc/c1-5-9-13-17-21-25-29(26-22-18-14-10-6-2,27-23-19-15-11-7-3)28-24-20-16-12-8-4;;;;;/h5-28H2,1-4H3;;;;;/q+1;;;;-1;. The van der Waals surface area contributed by atoms with Crippen LogP contribution < -0.4 is 3.86 Å². The van der Waals surface area contributed by atoms with Gasteiger partial charge in [-0.05, 0) is 51.4 Å². The first-order valence-electron chi connectivity index (χ1n) is 14.7. The molecule has 0 bridgehead atoms. The molecule has 0 rings (SSSR count). The summed E-state index contributed by atoms with van der Waals surface area (Å²) in [6.45, 7) is 15.2. The molecule has 0 unspecified atom stereocenters. The van der Waals surface area contributed by atoms with Crippen molar-refractivity contribution in [2.45, 2.75) is 156 Å². The zero-order valence-electron chi connectivity index (χ0n) is 23.4. The van der Waals surface area contributed by atoms with Gasteiger partial charge < -0.3 is 4.48 Å². The van der Waals surface area contributed by atoms with Crippen LogP contribution in [0.3, 0.4) is 0 Å². The van der Waals surface area contributed by atoms with Crippen molar-refractivity contribution in [1.29, 1.82) is 0 Å². The van der Waals surface area contributed by atoms with Gasteiger partial charge >= 0.3 is 29.9 Å². The predicted molar refractivity (Wildman–Crippen MR) is 137 cm³/mol. The Labute approximate surface area is 216 Å². The van der Waals surface area contributed by atoms with E-state index in [9.17, 15) is 0 Å². The van der Waals surface area contributed by atoms with Gasteiger partial charge in [-0.2, -0.15) is 0 Å². The second-order valence-electron chi connectivity index (χ2n) is 10.3. The van der Waals surface area contributed by atoms with Crippen molar-refractivity contribution >= 4 is 0 Å². The van der Waals surface area contributed by atoms with Gasteiger partial charge in [0.2, 0.25) is 0 Å². The Morgan fingerprint density at radius 2 is 0.588 bits per heavy atom. The molecule has 0 aliphatic carbocycles. The summed E-state index contributed by atoms with van der Waals surface area (Å²) in [5, 5.41) is 0. The first kappa shape index (κ1) is 36.1. The van der Waals surface area contributed by atoms with Crippen molar-refractivity contribution < 1.29 is 34.4 Å². The number of rotatable bonds is 24. The van der Waals surface area contributed by atoms with Crippen molar-refractivity contribution in [2.24, 2.45) is 0 Å². The maximum absolute atomic E-state index is 8.62. The zero-order valence-corrected chi connectivity index (χ0v) is 25.3. The number of hydrogen-bond acceptors (Lipinski definition) is 4. The Kier molecular flexibility index (Phi) is 27.7. The molecule has 208 valence electrons. The molecular formula is C28H60NO4Tc. The number of nitrogens with zero attached hydrogens (tertiary/aromatic N) is 1. The van der Waals surface area contributed by atoms with E-state index in [0.717, 1.165) is 0 Å². The summed E-state index contributed by atoms with van der Waals surface area (Å²) in [5.74, 6) is 0. The molecule has 0 atom stereocenters. The van der Waals surface area contributed by atoms with Crippen LogP contribution in [0.15, 0.2) is 0 Å². The Hall–Kier alpha value is -0.0306. The molecule has 0 saturated carbocycles.